The van der Waals surface area contributed by atoms with E-state index in [0.717, 1.165) is 26.1 Å². The number of phenolic OH excluding ortho intramolecular Hbond substituents is 1. The summed E-state index contributed by atoms with van der Waals surface area (Å²) in [6.45, 7) is 7.64. The molecule has 0 bridgehead atoms. The molecule has 9 nitrogen and oxygen atoms in total. The van der Waals surface area contributed by atoms with Crippen LogP contribution in [0.25, 0.3) is 20.7 Å². The van der Waals surface area contributed by atoms with E-state index in [1.165, 1.54) is 4.90 Å². The summed E-state index contributed by atoms with van der Waals surface area (Å²) < 4.78 is 2.61. The van der Waals surface area contributed by atoms with Crippen LogP contribution in [-0.4, -0.2) is 38.5 Å². The minimum absolute atomic E-state index is 0.0415. The number of anilines is 1. The van der Waals surface area contributed by atoms with Gasteiger partial charge in [0.2, 0.25) is 23.6 Å². The lowest BCUT2D eigenvalue weighted by molar-refractivity contribution is -0.131. The molecule has 2 aliphatic carbocycles. The smallest absolute Gasteiger partial charge is 0.242 e. The van der Waals surface area contributed by atoms with Gasteiger partial charge in [-0.2, -0.15) is 5.10 Å². The van der Waals surface area contributed by atoms with Gasteiger partial charge in [0, 0.05) is 34.3 Å². The van der Waals surface area contributed by atoms with Crippen LogP contribution in [-0.2, 0) is 32.6 Å². The summed E-state index contributed by atoms with van der Waals surface area (Å²) in [7, 11) is 1.71. The molecule has 4 aromatic rings. The molecule has 6 atom stereocenters. The molecule has 244 valence electrons. The average Bonchev–Trinajstić information content (AvgIpc) is 3.73. The molecule has 0 spiro atoms. The SMILES string of the molecule is C=CCc1cccc([C@H]2C3=CC[C@@H]4C(=O)NC(=O)[C@@H]4[C@@H]3C[C@H]3C(=O)N(c4cc(-c5sc6ccc(Cl)cc6c5C)nn4C)C(=O)[C@@]23C)c1O. The second-order valence-corrected chi connectivity index (χ2v) is 15.1. The van der Waals surface area contributed by atoms with Gasteiger partial charge >= 0.3 is 0 Å². The molecule has 2 aromatic heterocycles. The van der Waals surface area contributed by atoms with Gasteiger partial charge in [0.05, 0.1) is 28.0 Å². The zero-order chi connectivity index (χ0) is 33.8. The summed E-state index contributed by atoms with van der Waals surface area (Å²) in [5.41, 5.74) is 2.34. The maximum atomic E-state index is 14.9. The minimum Gasteiger partial charge on any atom is -0.507 e. The third-order valence-electron chi connectivity index (χ3n) is 11.2. The van der Waals surface area contributed by atoms with Crippen LogP contribution in [0.3, 0.4) is 0 Å². The van der Waals surface area contributed by atoms with Crippen molar-refractivity contribution in [1.82, 2.24) is 15.1 Å². The molecule has 3 fully saturated rings. The maximum Gasteiger partial charge on any atom is 0.242 e. The number of nitrogens with one attached hydrogen (secondary N) is 1. The van der Waals surface area contributed by atoms with Crippen molar-refractivity contribution in [2.45, 2.75) is 39.0 Å². The fraction of sp³-hybridized carbons (Fsp3) is 0.324. The summed E-state index contributed by atoms with van der Waals surface area (Å²) in [5.74, 6) is -4.19. The molecule has 2 N–H and O–H groups in total. The zero-order valence-corrected chi connectivity index (χ0v) is 28.2. The Labute approximate surface area is 285 Å². The number of halogens is 1. The Morgan fingerprint density at radius 2 is 1.94 bits per heavy atom. The first-order chi connectivity index (χ1) is 22.9. The number of carbonyl (C=O) groups is 4. The fourth-order valence-corrected chi connectivity index (χ4v) is 10.2. The largest absolute Gasteiger partial charge is 0.507 e. The molecule has 4 heterocycles. The topological polar surface area (TPSA) is 122 Å². The number of rotatable bonds is 5. The Morgan fingerprint density at radius 3 is 2.71 bits per heavy atom. The highest BCUT2D eigenvalue weighted by atomic mass is 35.5. The minimum atomic E-state index is -1.29. The Bertz CT molecular complexity index is 2170. The van der Waals surface area contributed by atoms with E-state index in [1.807, 2.05) is 50.3 Å². The Balaban J connectivity index is 1.27. The second-order valence-electron chi connectivity index (χ2n) is 13.6. The van der Waals surface area contributed by atoms with E-state index in [0.29, 0.717) is 40.5 Å². The van der Waals surface area contributed by atoms with Gasteiger partial charge in [-0.25, -0.2) is 4.90 Å². The Kier molecular flexibility index (Phi) is 6.88. The highest BCUT2D eigenvalue weighted by Gasteiger charge is 2.67. The van der Waals surface area contributed by atoms with E-state index in [4.69, 9.17) is 16.7 Å². The first-order valence-electron chi connectivity index (χ1n) is 16.0. The molecular weight excluding hydrogens is 648 g/mol. The molecule has 48 heavy (non-hydrogen) atoms. The lowest BCUT2D eigenvalue weighted by Gasteiger charge is -2.49. The van der Waals surface area contributed by atoms with Crippen molar-refractivity contribution in [3.05, 3.63) is 88.5 Å². The number of nitrogens with zero attached hydrogens (tertiary/aromatic N) is 3. The van der Waals surface area contributed by atoms with Gasteiger partial charge in [0.1, 0.15) is 17.3 Å². The van der Waals surface area contributed by atoms with Crippen molar-refractivity contribution in [3.63, 3.8) is 0 Å². The molecule has 0 radical (unpaired) electrons. The van der Waals surface area contributed by atoms with Gasteiger partial charge in [-0.15, -0.1) is 17.9 Å². The van der Waals surface area contributed by atoms with Crippen LogP contribution in [0.4, 0.5) is 5.82 Å². The first-order valence-corrected chi connectivity index (χ1v) is 17.2. The number of aromatic hydroxyl groups is 1. The quantitative estimate of drug-likeness (QED) is 0.191. The highest BCUT2D eigenvalue weighted by molar-refractivity contribution is 7.22. The number of benzene rings is 2. The number of aryl methyl sites for hydroxylation is 2. The van der Waals surface area contributed by atoms with Crippen molar-refractivity contribution in [2.24, 2.45) is 36.1 Å². The van der Waals surface area contributed by atoms with Gasteiger partial charge < -0.3 is 5.11 Å². The lowest BCUT2D eigenvalue weighted by atomic mass is 9.51. The number of allylic oxidation sites excluding steroid dienone is 3. The molecule has 8 rings (SSSR count). The molecule has 4 amide bonds. The number of aromatic nitrogens is 2. The normalized spacial score (nSPS) is 28.0. The van der Waals surface area contributed by atoms with Crippen LogP contribution in [0.1, 0.15) is 42.4 Å². The number of thiophene rings is 1. The number of carbonyl (C=O) groups excluding carboxylic acids is 4. The molecule has 2 saturated heterocycles. The highest BCUT2D eigenvalue weighted by Crippen LogP contribution is 2.64. The number of fused-ring (bicyclic) bond motifs is 5. The summed E-state index contributed by atoms with van der Waals surface area (Å²) in [6.07, 6.45) is 4.65. The van der Waals surface area contributed by atoms with Crippen molar-refractivity contribution < 1.29 is 24.3 Å². The van der Waals surface area contributed by atoms with Crippen molar-refractivity contribution >= 4 is 62.5 Å². The van der Waals surface area contributed by atoms with E-state index < -0.39 is 35.0 Å². The zero-order valence-electron chi connectivity index (χ0n) is 26.6. The molecular formula is C37H33ClN4O5S. The predicted molar refractivity (Wildman–Crippen MR) is 184 cm³/mol. The van der Waals surface area contributed by atoms with Gasteiger partial charge in [-0.1, -0.05) is 47.5 Å². The van der Waals surface area contributed by atoms with E-state index in [2.05, 4.69) is 11.9 Å². The molecule has 2 aliphatic heterocycles. The van der Waals surface area contributed by atoms with E-state index >= 15 is 0 Å². The number of hydrogen-bond acceptors (Lipinski definition) is 7. The Morgan fingerprint density at radius 1 is 1.15 bits per heavy atom. The van der Waals surface area contributed by atoms with Crippen LogP contribution in [0.2, 0.25) is 5.02 Å². The fourth-order valence-electron chi connectivity index (χ4n) is 8.87. The van der Waals surface area contributed by atoms with Gasteiger partial charge in [0.15, 0.2) is 0 Å². The third kappa shape index (κ3) is 4.11. The Hall–Kier alpha value is -4.54. The van der Waals surface area contributed by atoms with E-state index in [-0.39, 0.29) is 35.8 Å². The summed E-state index contributed by atoms with van der Waals surface area (Å²) in [6, 6.07) is 13.0. The van der Waals surface area contributed by atoms with Crippen LogP contribution in [0, 0.1) is 36.0 Å². The number of para-hydroxylation sites is 1. The predicted octanol–water partition coefficient (Wildman–Crippen LogP) is 6.22. The molecule has 0 unspecified atom stereocenters. The molecule has 11 heteroatoms. The van der Waals surface area contributed by atoms with E-state index in [9.17, 15) is 24.3 Å². The average molecular weight is 681 g/mol. The molecule has 4 aliphatic rings. The second kappa shape index (κ2) is 10.7. The summed E-state index contributed by atoms with van der Waals surface area (Å²) >= 11 is 7.86. The van der Waals surface area contributed by atoms with Crippen LogP contribution < -0.4 is 10.2 Å². The van der Waals surface area contributed by atoms with Gasteiger partial charge in [0.25, 0.3) is 0 Å². The summed E-state index contributed by atoms with van der Waals surface area (Å²) in [5, 5.41) is 20.6. The number of imide groups is 2. The van der Waals surface area contributed by atoms with Crippen LogP contribution in [0.5, 0.6) is 5.75 Å². The van der Waals surface area contributed by atoms with Crippen molar-refractivity contribution in [3.8, 4) is 16.3 Å². The van der Waals surface area contributed by atoms with Crippen LogP contribution >= 0.6 is 22.9 Å². The van der Waals surface area contributed by atoms with E-state index in [1.54, 1.807) is 41.3 Å². The van der Waals surface area contributed by atoms with Crippen molar-refractivity contribution in [2.75, 3.05) is 4.90 Å². The maximum absolute atomic E-state index is 14.9. The van der Waals surface area contributed by atoms with Crippen molar-refractivity contribution in [1.29, 1.82) is 0 Å². The number of amides is 4. The third-order valence-corrected chi connectivity index (χ3v) is 12.7. The first kappa shape index (κ1) is 30.8. The summed E-state index contributed by atoms with van der Waals surface area (Å²) in [4.78, 5) is 57.7. The van der Waals surface area contributed by atoms with Crippen LogP contribution in [0.15, 0.2) is 66.8 Å². The van der Waals surface area contributed by atoms with Gasteiger partial charge in [-0.3, -0.25) is 29.2 Å². The number of phenols is 1. The van der Waals surface area contributed by atoms with Gasteiger partial charge in [-0.05, 0) is 73.7 Å². The number of hydrogen-bond donors (Lipinski definition) is 2. The monoisotopic (exact) mass is 680 g/mol. The molecule has 1 saturated carbocycles. The lowest BCUT2D eigenvalue weighted by Crippen LogP contribution is -2.48. The standard InChI is InChI=1S/C37H33ClN4O5S/c1-5-7-18-8-6-9-22(31(18)43)30-20-11-12-21-29(34(45)39-33(21)44)24(20)15-25-35(46)42(36(47)37(25,30)3)28-16-26(40-41(28)4)32-17(2)23-14-19(38)10-13-27(23)48-32/h5-6,8-11,13-14,16,21,24-25,29-30,43H,1,7,12,15H2,2-4H3,(H,39,44,45)/t21-,24+,25-,29-,30+,37+/m0/s1. The molecule has 2 aromatic carbocycles.